The van der Waals surface area contributed by atoms with E-state index in [-0.39, 0.29) is 19.1 Å². The fourth-order valence-corrected chi connectivity index (χ4v) is 1.91. The molecule has 4 heteroatoms. The third-order valence-electron chi connectivity index (χ3n) is 3.23. The summed E-state index contributed by atoms with van der Waals surface area (Å²) in [6.45, 7) is 9.72. The van der Waals surface area contributed by atoms with Crippen LogP contribution in [-0.4, -0.2) is 25.2 Å². The first-order valence-corrected chi connectivity index (χ1v) is 7.03. The standard InChI is InChI=1S/C15H26O4/c1-6-10-11-15(12(5)7-2,13(16)18-8-3)14(17)19-9-4/h10-12H,6-9H2,1-5H3. The van der Waals surface area contributed by atoms with Gasteiger partial charge in [-0.1, -0.05) is 39.3 Å². The molecule has 0 aliphatic rings. The van der Waals surface area contributed by atoms with Gasteiger partial charge in [-0.2, -0.15) is 0 Å². The van der Waals surface area contributed by atoms with Gasteiger partial charge in [0.15, 0.2) is 5.41 Å². The van der Waals surface area contributed by atoms with Crippen LogP contribution in [0.5, 0.6) is 0 Å². The van der Waals surface area contributed by atoms with Gasteiger partial charge in [0.1, 0.15) is 0 Å². The van der Waals surface area contributed by atoms with Gasteiger partial charge in [-0.3, -0.25) is 9.59 Å². The summed E-state index contributed by atoms with van der Waals surface area (Å²) < 4.78 is 10.2. The van der Waals surface area contributed by atoms with Crippen LogP contribution < -0.4 is 0 Å². The van der Waals surface area contributed by atoms with Crippen LogP contribution in [-0.2, 0) is 19.1 Å². The predicted molar refractivity (Wildman–Crippen MR) is 74.6 cm³/mol. The van der Waals surface area contributed by atoms with Crippen LogP contribution in [0, 0.1) is 11.3 Å². The molecule has 1 unspecified atom stereocenters. The van der Waals surface area contributed by atoms with Gasteiger partial charge in [0, 0.05) is 0 Å². The second-order valence-corrected chi connectivity index (χ2v) is 4.43. The Hall–Kier alpha value is -1.32. The minimum atomic E-state index is -1.32. The van der Waals surface area contributed by atoms with Gasteiger partial charge in [-0.25, -0.2) is 0 Å². The lowest BCUT2D eigenvalue weighted by molar-refractivity contribution is -0.171. The van der Waals surface area contributed by atoms with Crippen molar-refractivity contribution in [3.63, 3.8) is 0 Å². The first-order chi connectivity index (χ1) is 9.00. The summed E-state index contributed by atoms with van der Waals surface area (Å²) in [5, 5.41) is 0. The summed E-state index contributed by atoms with van der Waals surface area (Å²) in [7, 11) is 0. The summed E-state index contributed by atoms with van der Waals surface area (Å²) in [5.74, 6) is -1.21. The third-order valence-corrected chi connectivity index (χ3v) is 3.23. The van der Waals surface area contributed by atoms with Crippen LogP contribution in [0.15, 0.2) is 12.2 Å². The molecule has 19 heavy (non-hydrogen) atoms. The van der Waals surface area contributed by atoms with Crippen molar-refractivity contribution < 1.29 is 19.1 Å². The Morgan fingerprint density at radius 3 is 1.84 bits per heavy atom. The van der Waals surface area contributed by atoms with E-state index in [0.29, 0.717) is 6.42 Å². The summed E-state index contributed by atoms with van der Waals surface area (Å²) in [6.07, 6.45) is 4.90. The molecule has 1 atom stereocenters. The van der Waals surface area contributed by atoms with E-state index in [1.807, 2.05) is 26.8 Å². The van der Waals surface area contributed by atoms with Crippen molar-refractivity contribution in [2.24, 2.45) is 11.3 Å². The van der Waals surface area contributed by atoms with Crippen molar-refractivity contribution >= 4 is 11.9 Å². The van der Waals surface area contributed by atoms with Gasteiger partial charge in [0.05, 0.1) is 13.2 Å². The Labute approximate surface area is 116 Å². The van der Waals surface area contributed by atoms with Crippen LogP contribution in [0.4, 0.5) is 0 Å². The van der Waals surface area contributed by atoms with Crippen molar-refractivity contribution in [1.29, 1.82) is 0 Å². The van der Waals surface area contributed by atoms with E-state index in [1.54, 1.807) is 19.9 Å². The molecule has 0 saturated carbocycles. The molecular formula is C15H26O4. The number of ether oxygens (including phenoxy) is 2. The SMILES string of the molecule is CCC=CC(C(=O)OCC)(C(=O)OCC)C(C)CC. The largest absolute Gasteiger partial charge is 0.465 e. The molecule has 0 aromatic rings. The van der Waals surface area contributed by atoms with Gasteiger partial charge in [0.25, 0.3) is 0 Å². The van der Waals surface area contributed by atoms with Crippen molar-refractivity contribution in [1.82, 2.24) is 0 Å². The molecule has 4 nitrogen and oxygen atoms in total. The molecule has 0 heterocycles. The molecule has 0 bridgehead atoms. The topological polar surface area (TPSA) is 52.6 Å². The molecule has 110 valence electrons. The molecule has 0 aromatic carbocycles. The first-order valence-electron chi connectivity index (χ1n) is 7.03. The fraction of sp³-hybridized carbons (Fsp3) is 0.733. The Morgan fingerprint density at radius 2 is 1.53 bits per heavy atom. The molecule has 0 saturated heterocycles. The fourth-order valence-electron chi connectivity index (χ4n) is 1.91. The Bertz CT molecular complexity index is 302. The number of esters is 2. The summed E-state index contributed by atoms with van der Waals surface area (Å²) in [4.78, 5) is 24.6. The van der Waals surface area contributed by atoms with Crippen LogP contribution in [0.2, 0.25) is 0 Å². The first kappa shape index (κ1) is 17.7. The molecule has 0 amide bonds. The summed E-state index contributed by atoms with van der Waals surface area (Å²) in [6, 6.07) is 0. The Kier molecular flexibility index (Phi) is 8.12. The van der Waals surface area contributed by atoms with E-state index in [0.717, 1.165) is 6.42 Å². The number of rotatable bonds is 8. The summed E-state index contributed by atoms with van der Waals surface area (Å²) >= 11 is 0. The molecule has 0 spiro atoms. The van der Waals surface area contributed by atoms with Crippen molar-refractivity contribution in [2.75, 3.05) is 13.2 Å². The highest BCUT2D eigenvalue weighted by Crippen LogP contribution is 2.35. The predicted octanol–water partition coefficient (Wildman–Crippen LogP) is 3.11. The third kappa shape index (κ3) is 4.08. The van der Waals surface area contributed by atoms with E-state index in [4.69, 9.17) is 9.47 Å². The zero-order valence-corrected chi connectivity index (χ0v) is 12.7. The maximum absolute atomic E-state index is 12.3. The van der Waals surface area contributed by atoms with Gasteiger partial charge in [-0.05, 0) is 26.2 Å². The normalized spacial score (nSPS) is 13.3. The second-order valence-electron chi connectivity index (χ2n) is 4.43. The number of carbonyl (C=O) groups is 2. The van der Waals surface area contributed by atoms with Gasteiger partial charge < -0.3 is 9.47 Å². The van der Waals surface area contributed by atoms with Gasteiger partial charge in [0.2, 0.25) is 0 Å². The lowest BCUT2D eigenvalue weighted by Crippen LogP contribution is -2.45. The second kappa shape index (κ2) is 8.73. The average molecular weight is 270 g/mol. The lowest BCUT2D eigenvalue weighted by atomic mass is 9.74. The molecule has 0 radical (unpaired) electrons. The lowest BCUT2D eigenvalue weighted by Gasteiger charge is -2.31. The van der Waals surface area contributed by atoms with Crippen molar-refractivity contribution in [2.45, 2.75) is 47.5 Å². The number of carbonyl (C=O) groups excluding carboxylic acids is 2. The average Bonchev–Trinajstić information content (AvgIpc) is 2.39. The van der Waals surface area contributed by atoms with Crippen LogP contribution in [0.3, 0.4) is 0 Å². The molecule has 0 rings (SSSR count). The summed E-state index contributed by atoms with van der Waals surface area (Å²) in [5.41, 5.74) is -1.32. The van der Waals surface area contributed by atoms with Crippen molar-refractivity contribution in [3.8, 4) is 0 Å². The minimum Gasteiger partial charge on any atom is -0.465 e. The highest BCUT2D eigenvalue weighted by atomic mass is 16.6. The van der Waals surface area contributed by atoms with E-state index in [2.05, 4.69) is 0 Å². The molecule has 0 aliphatic heterocycles. The number of allylic oxidation sites excluding steroid dienone is 1. The smallest absolute Gasteiger partial charge is 0.327 e. The number of hydrogen-bond donors (Lipinski definition) is 0. The van der Waals surface area contributed by atoms with Crippen LogP contribution in [0.1, 0.15) is 47.5 Å². The highest BCUT2D eigenvalue weighted by molar-refractivity contribution is 6.02. The molecule has 0 fully saturated rings. The monoisotopic (exact) mass is 270 g/mol. The van der Waals surface area contributed by atoms with Crippen molar-refractivity contribution in [3.05, 3.63) is 12.2 Å². The highest BCUT2D eigenvalue weighted by Gasteiger charge is 2.50. The van der Waals surface area contributed by atoms with E-state index >= 15 is 0 Å². The van der Waals surface area contributed by atoms with Gasteiger partial charge >= 0.3 is 11.9 Å². The Balaban J connectivity index is 5.63. The van der Waals surface area contributed by atoms with E-state index in [9.17, 15) is 9.59 Å². The number of hydrogen-bond acceptors (Lipinski definition) is 4. The van der Waals surface area contributed by atoms with Crippen LogP contribution in [0.25, 0.3) is 0 Å². The van der Waals surface area contributed by atoms with E-state index in [1.165, 1.54) is 0 Å². The Morgan fingerprint density at radius 1 is 1.05 bits per heavy atom. The molecule has 0 aromatic heterocycles. The zero-order valence-electron chi connectivity index (χ0n) is 12.7. The molecular weight excluding hydrogens is 244 g/mol. The minimum absolute atomic E-state index is 0.173. The van der Waals surface area contributed by atoms with Gasteiger partial charge in [-0.15, -0.1) is 0 Å². The maximum Gasteiger partial charge on any atom is 0.327 e. The zero-order chi connectivity index (χ0) is 14.9. The van der Waals surface area contributed by atoms with Crippen LogP contribution >= 0.6 is 0 Å². The van der Waals surface area contributed by atoms with E-state index < -0.39 is 17.4 Å². The molecule has 0 aliphatic carbocycles. The molecule has 0 N–H and O–H groups in total. The quantitative estimate of drug-likeness (QED) is 0.386. The maximum atomic E-state index is 12.3.